The zero-order valence-corrected chi connectivity index (χ0v) is 22.6. The molecule has 9 nitrogen and oxygen atoms in total. The summed E-state index contributed by atoms with van der Waals surface area (Å²) in [5.41, 5.74) is 7.70. The molecule has 0 radical (unpaired) electrons. The van der Waals surface area contributed by atoms with Crippen LogP contribution in [0.1, 0.15) is 32.4 Å². The van der Waals surface area contributed by atoms with Gasteiger partial charge in [-0.15, -0.1) is 0 Å². The van der Waals surface area contributed by atoms with Crippen molar-refractivity contribution in [3.63, 3.8) is 0 Å². The van der Waals surface area contributed by atoms with E-state index in [1.54, 1.807) is 25.4 Å². The summed E-state index contributed by atoms with van der Waals surface area (Å²) in [5, 5.41) is 9.45. The van der Waals surface area contributed by atoms with Gasteiger partial charge in [0.1, 0.15) is 23.5 Å². The number of aromatic nitrogens is 2. The van der Waals surface area contributed by atoms with Gasteiger partial charge >= 0.3 is 6.09 Å². The Kier molecular flexibility index (Phi) is 8.32. The van der Waals surface area contributed by atoms with Crippen LogP contribution in [0, 0.1) is 5.82 Å². The summed E-state index contributed by atoms with van der Waals surface area (Å²) >= 11 is 12.4. The van der Waals surface area contributed by atoms with E-state index < -0.39 is 18.0 Å². The fourth-order valence-electron chi connectivity index (χ4n) is 4.41. The molecule has 1 aliphatic heterocycles. The molecule has 0 aliphatic carbocycles. The van der Waals surface area contributed by atoms with E-state index in [4.69, 9.17) is 38.4 Å². The van der Waals surface area contributed by atoms with Gasteiger partial charge in [0, 0.05) is 65.8 Å². The number of hydrogen-bond donors (Lipinski definition) is 2. The second-order valence-corrected chi connectivity index (χ2v) is 9.65. The molecule has 3 heterocycles. The third kappa shape index (κ3) is 5.66. The number of benzene rings is 1. The number of halogens is 3. The molecule has 0 bridgehead atoms. The molecule has 0 spiro atoms. The molecule has 3 aromatic rings. The predicted molar refractivity (Wildman–Crippen MR) is 145 cm³/mol. The molecule has 12 heteroatoms. The number of anilines is 2. The number of nitrogen functional groups attached to an aromatic ring is 1. The van der Waals surface area contributed by atoms with Crippen molar-refractivity contribution >= 4 is 40.9 Å². The van der Waals surface area contributed by atoms with Crippen LogP contribution in [0.15, 0.2) is 36.7 Å². The smallest absolute Gasteiger partial charge is 0.407 e. The highest BCUT2D eigenvalue weighted by molar-refractivity contribution is 6.36. The highest BCUT2D eigenvalue weighted by Crippen LogP contribution is 2.39. The molecule has 1 fully saturated rings. The number of pyridine rings is 2. The molecular formula is C26H28Cl2FN5O4. The van der Waals surface area contributed by atoms with Crippen LogP contribution in [-0.2, 0) is 0 Å². The van der Waals surface area contributed by atoms with E-state index in [-0.39, 0.29) is 27.7 Å². The summed E-state index contributed by atoms with van der Waals surface area (Å²) < 4.78 is 26.0. The van der Waals surface area contributed by atoms with Gasteiger partial charge in [-0.05, 0) is 39.0 Å². The SMILES string of the molecule is CCOc1cc(N2CCN(C(=O)O)CC2C)ncc1-c1cnc(N)c(O[C@H](C)c2c(Cl)ccc(F)c2Cl)c1. The second-order valence-electron chi connectivity index (χ2n) is 8.87. The third-order valence-electron chi connectivity index (χ3n) is 6.33. The van der Waals surface area contributed by atoms with Crippen molar-refractivity contribution in [2.45, 2.75) is 32.9 Å². The van der Waals surface area contributed by atoms with Gasteiger partial charge in [0.05, 0.1) is 11.6 Å². The number of carbonyl (C=O) groups is 1. The Hall–Kier alpha value is -3.50. The zero-order valence-electron chi connectivity index (χ0n) is 21.1. The number of amides is 1. The van der Waals surface area contributed by atoms with Crippen molar-refractivity contribution in [2.24, 2.45) is 0 Å². The summed E-state index contributed by atoms with van der Waals surface area (Å²) in [4.78, 5) is 23.7. The Labute approximate surface area is 229 Å². The number of rotatable bonds is 7. The fraction of sp³-hybridized carbons (Fsp3) is 0.346. The molecule has 202 valence electrons. The zero-order chi connectivity index (χ0) is 27.6. The number of ether oxygens (including phenoxy) is 2. The molecule has 3 N–H and O–H groups in total. The predicted octanol–water partition coefficient (Wildman–Crippen LogP) is 5.90. The van der Waals surface area contributed by atoms with Crippen LogP contribution in [-0.4, -0.2) is 58.4 Å². The summed E-state index contributed by atoms with van der Waals surface area (Å²) in [6, 6.07) is 6.08. The van der Waals surface area contributed by atoms with Gasteiger partial charge in [0.15, 0.2) is 11.6 Å². The largest absolute Gasteiger partial charge is 0.493 e. The molecule has 1 unspecified atom stereocenters. The maximum Gasteiger partial charge on any atom is 0.407 e. The fourth-order valence-corrected chi connectivity index (χ4v) is 5.09. The van der Waals surface area contributed by atoms with E-state index in [1.807, 2.05) is 19.9 Å². The Bertz CT molecular complexity index is 1350. The van der Waals surface area contributed by atoms with Crippen molar-refractivity contribution in [3.8, 4) is 22.6 Å². The van der Waals surface area contributed by atoms with Gasteiger partial charge < -0.3 is 30.1 Å². The number of carboxylic acid groups (broad SMARTS) is 1. The molecule has 1 amide bonds. The molecule has 1 aliphatic rings. The van der Waals surface area contributed by atoms with Gasteiger partial charge in [0.2, 0.25) is 0 Å². The Morgan fingerprint density at radius 1 is 1.24 bits per heavy atom. The van der Waals surface area contributed by atoms with Crippen LogP contribution in [0.3, 0.4) is 0 Å². The van der Waals surface area contributed by atoms with E-state index in [0.717, 1.165) is 0 Å². The van der Waals surface area contributed by atoms with Crippen LogP contribution in [0.4, 0.5) is 20.8 Å². The maximum absolute atomic E-state index is 14.0. The first-order chi connectivity index (χ1) is 18.1. The first kappa shape index (κ1) is 27.5. The lowest BCUT2D eigenvalue weighted by molar-refractivity contribution is 0.136. The summed E-state index contributed by atoms with van der Waals surface area (Å²) in [7, 11) is 0. The van der Waals surface area contributed by atoms with Crippen molar-refractivity contribution < 1.29 is 23.8 Å². The van der Waals surface area contributed by atoms with E-state index >= 15 is 0 Å². The number of nitrogens with two attached hydrogens (primary N) is 1. The highest BCUT2D eigenvalue weighted by Gasteiger charge is 2.28. The van der Waals surface area contributed by atoms with Crippen LogP contribution >= 0.6 is 23.2 Å². The topological polar surface area (TPSA) is 114 Å². The average Bonchev–Trinajstić information content (AvgIpc) is 2.88. The van der Waals surface area contributed by atoms with E-state index in [0.29, 0.717) is 54.5 Å². The summed E-state index contributed by atoms with van der Waals surface area (Å²) in [6.07, 6.45) is 1.61. The van der Waals surface area contributed by atoms with Crippen LogP contribution in [0.25, 0.3) is 11.1 Å². The minimum absolute atomic E-state index is 0.0613. The van der Waals surface area contributed by atoms with Gasteiger partial charge in [0.25, 0.3) is 0 Å². The Balaban J connectivity index is 1.63. The van der Waals surface area contributed by atoms with Crippen molar-refractivity contribution in [3.05, 3.63) is 58.1 Å². The van der Waals surface area contributed by atoms with Crippen molar-refractivity contribution in [1.29, 1.82) is 0 Å². The van der Waals surface area contributed by atoms with Crippen LogP contribution in [0.2, 0.25) is 10.0 Å². The molecule has 1 aromatic carbocycles. The first-order valence-electron chi connectivity index (χ1n) is 12.0. The lowest BCUT2D eigenvalue weighted by atomic mass is 10.1. The van der Waals surface area contributed by atoms with Crippen molar-refractivity contribution in [2.75, 3.05) is 36.9 Å². The normalized spacial score (nSPS) is 16.3. The standard InChI is InChI=1S/C26H28Cl2FN5O4/c1-4-37-20-10-22(34-8-7-33(26(35)36)13-14(34)2)31-12-17(20)16-9-21(25(30)32-11-16)38-15(3)23-18(27)5-6-19(29)24(23)28/h5-6,9-12,14-15H,4,7-8,13H2,1-3H3,(H2,30,32)(H,35,36)/t14?,15-/m1/s1. The first-order valence-corrected chi connectivity index (χ1v) is 12.8. The molecule has 0 saturated carbocycles. The lowest BCUT2D eigenvalue weighted by Crippen LogP contribution is -2.53. The van der Waals surface area contributed by atoms with Gasteiger partial charge in [-0.3, -0.25) is 0 Å². The number of hydrogen-bond acceptors (Lipinski definition) is 7. The average molecular weight is 564 g/mol. The molecule has 2 aromatic heterocycles. The minimum atomic E-state index is -0.931. The monoisotopic (exact) mass is 563 g/mol. The molecule has 38 heavy (non-hydrogen) atoms. The molecular weight excluding hydrogens is 536 g/mol. The highest BCUT2D eigenvalue weighted by atomic mass is 35.5. The molecule has 4 rings (SSSR count). The van der Waals surface area contributed by atoms with E-state index in [1.165, 1.54) is 17.0 Å². The Morgan fingerprint density at radius 3 is 2.68 bits per heavy atom. The van der Waals surface area contributed by atoms with Gasteiger partial charge in [-0.2, -0.15) is 0 Å². The van der Waals surface area contributed by atoms with Crippen LogP contribution < -0.4 is 20.1 Å². The number of nitrogens with zero attached hydrogens (tertiary/aromatic N) is 4. The molecule has 1 saturated heterocycles. The maximum atomic E-state index is 14.0. The third-order valence-corrected chi connectivity index (χ3v) is 7.04. The quantitative estimate of drug-likeness (QED) is 0.341. The van der Waals surface area contributed by atoms with E-state index in [9.17, 15) is 14.3 Å². The van der Waals surface area contributed by atoms with Crippen LogP contribution in [0.5, 0.6) is 11.5 Å². The summed E-state index contributed by atoms with van der Waals surface area (Å²) in [6.45, 7) is 7.20. The van der Waals surface area contributed by atoms with E-state index in [2.05, 4.69) is 14.9 Å². The van der Waals surface area contributed by atoms with Gasteiger partial charge in [-0.25, -0.2) is 19.2 Å². The Morgan fingerprint density at radius 2 is 2.00 bits per heavy atom. The lowest BCUT2D eigenvalue weighted by Gasteiger charge is -2.39. The van der Waals surface area contributed by atoms with Gasteiger partial charge in [-0.1, -0.05) is 23.2 Å². The summed E-state index contributed by atoms with van der Waals surface area (Å²) in [5.74, 6) is 1.05. The number of piperazine rings is 1. The van der Waals surface area contributed by atoms with Crippen molar-refractivity contribution in [1.82, 2.24) is 14.9 Å². The minimum Gasteiger partial charge on any atom is -0.493 e. The second kappa shape index (κ2) is 11.5. The molecule has 2 atom stereocenters.